The molecule has 0 fully saturated rings. The van der Waals surface area contributed by atoms with Gasteiger partial charge in [-0.25, -0.2) is 8.42 Å². The summed E-state index contributed by atoms with van der Waals surface area (Å²) in [5.41, 5.74) is 1.42. The molecule has 2 aromatic carbocycles. The third-order valence-corrected chi connectivity index (χ3v) is 4.66. The van der Waals surface area contributed by atoms with Gasteiger partial charge in [-0.3, -0.25) is 4.79 Å². The second-order valence-corrected chi connectivity index (χ2v) is 6.65. The molecule has 9 heteroatoms. The minimum absolute atomic E-state index is 0. The smallest absolute Gasteiger partial charge is 0.560 e. The minimum Gasteiger partial charge on any atom is -0.560 e. The van der Waals surface area contributed by atoms with Gasteiger partial charge in [0.2, 0.25) is 0 Å². The number of anilines is 1. The van der Waals surface area contributed by atoms with E-state index in [0.29, 0.717) is 5.69 Å². The van der Waals surface area contributed by atoms with Gasteiger partial charge in [0.25, 0.3) is 5.91 Å². The van der Waals surface area contributed by atoms with Crippen LogP contribution < -0.4 is 62.0 Å². The fourth-order valence-electron chi connectivity index (χ4n) is 2.28. The summed E-state index contributed by atoms with van der Waals surface area (Å²) in [6, 6.07) is 11.7. The van der Waals surface area contributed by atoms with E-state index < -0.39 is 22.1 Å². The van der Waals surface area contributed by atoms with Crippen LogP contribution in [0.2, 0.25) is 5.02 Å². The molecule has 1 aliphatic rings. The van der Waals surface area contributed by atoms with Crippen molar-refractivity contribution in [2.24, 2.45) is 0 Å². The molecular weight excluding hydrogens is 365 g/mol. The van der Waals surface area contributed by atoms with Crippen molar-refractivity contribution in [3.63, 3.8) is 0 Å². The molecule has 0 unspecified atom stereocenters. The Labute approximate surface area is 181 Å². The predicted molar refractivity (Wildman–Crippen MR) is 83.2 cm³/mol. The standard InChI is InChI=1S/C14H12ClN3O3S.K/c15-10-7-11-9(6-12(10)22(16,20)21)14(19)18-13(17-11)8-4-2-1-3-5-8;/h1-7,13H,(H4,16,17,18,19,20,21);/q;+1/p-1/t13-;/m1./s1. The van der Waals surface area contributed by atoms with Crippen LogP contribution in [0.1, 0.15) is 22.1 Å². The molecule has 0 radical (unpaired) electrons. The number of benzene rings is 2. The summed E-state index contributed by atoms with van der Waals surface area (Å²) in [4.78, 5) is 11.8. The Bertz CT molecular complexity index is 859. The van der Waals surface area contributed by atoms with Gasteiger partial charge in [0.15, 0.2) is 0 Å². The van der Waals surface area contributed by atoms with Crippen molar-refractivity contribution in [2.45, 2.75) is 11.1 Å². The molecule has 0 saturated heterocycles. The van der Waals surface area contributed by atoms with Gasteiger partial charge in [0.05, 0.1) is 21.2 Å². The van der Waals surface area contributed by atoms with E-state index in [2.05, 4.69) is 10.6 Å². The Morgan fingerprint density at radius 1 is 1.09 bits per heavy atom. The zero-order valence-electron chi connectivity index (χ0n) is 12.1. The molecule has 1 amide bonds. The first-order chi connectivity index (χ1) is 10.4. The number of carbonyl (C=O) groups is 1. The third kappa shape index (κ3) is 3.97. The van der Waals surface area contributed by atoms with Crippen molar-refractivity contribution in [2.75, 3.05) is 5.32 Å². The van der Waals surface area contributed by atoms with Crippen molar-refractivity contribution >= 4 is 33.2 Å². The molecule has 0 aromatic heterocycles. The Balaban J connectivity index is 0.00000192. The van der Waals surface area contributed by atoms with E-state index >= 15 is 0 Å². The fraction of sp³-hybridized carbons (Fsp3) is 0.0714. The van der Waals surface area contributed by atoms with E-state index in [4.69, 9.17) is 16.7 Å². The van der Waals surface area contributed by atoms with Crippen LogP contribution in [0.15, 0.2) is 47.4 Å². The molecule has 1 heterocycles. The average molecular weight is 376 g/mol. The van der Waals surface area contributed by atoms with Crippen molar-refractivity contribution in [3.8, 4) is 0 Å². The molecule has 3 rings (SSSR count). The average Bonchev–Trinajstić information content (AvgIpc) is 2.46. The summed E-state index contributed by atoms with van der Waals surface area (Å²) in [6.07, 6.45) is -0.435. The number of hydrogen-bond acceptors (Lipinski definition) is 4. The van der Waals surface area contributed by atoms with Gasteiger partial charge < -0.3 is 15.8 Å². The van der Waals surface area contributed by atoms with Gasteiger partial charge in [-0.1, -0.05) is 41.9 Å². The normalized spacial score (nSPS) is 16.6. The maximum absolute atomic E-state index is 12.2. The summed E-state index contributed by atoms with van der Waals surface area (Å²) < 4.78 is 22.7. The molecule has 3 N–H and O–H groups in total. The van der Waals surface area contributed by atoms with Gasteiger partial charge in [0, 0.05) is 0 Å². The maximum Gasteiger partial charge on any atom is 1.00 e. The molecule has 1 atom stereocenters. The molecule has 1 aliphatic heterocycles. The molecule has 0 saturated carbocycles. The molecule has 0 aliphatic carbocycles. The van der Waals surface area contributed by atoms with Crippen molar-refractivity contribution < 1.29 is 64.6 Å². The number of nitrogens with one attached hydrogen (secondary N) is 3. The number of carbonyl (C=O) groups excluding carboxylic acids is 1. The van der Waals surface area contributed by atoms with Gasteiger partial charge in [-0.15, -0.1) is 0 Å². The zero-order chi connectivity index (χ0) is 15.9. The van der Waals surface area contributed by atoms with Crippen molar-refractivity contribution in [1.82, 2.24) is 5.32 Å². The number of fused-ring (bicyclic) bond motifs is 1. The first-order valence-electron chi connectivity index (χ1n) is 6.32. The third-order valence-electron chi connectivity index (χ3n) is 3.31. The van der Waals surface area contributed by atoms with E-state index in [9.17, 15) is 13.2 Å². The molecule has 0 spiro atoms. The van der Waals surface area contributed by atoms with Crippen LogP contribution in [-0.2, 0) is 10.0 Å². The maximum atomic E-state index is 12.2. The van der Waals surface area contributed by atoms with Crippen molar-refractivity contribution in [3.05, 3.63) is 63.8 Å². The number of halogens is 1. The number of hydrogen-bond donors (Lipinski definition) is 2. The first-order valence-corrected chi connectivity index (χ1v) is 8.18. The molecular formula is C14H11ClKN3O3S. The minimum atomic E-state index is -4.25. The van der Waals surface area contributed by atoms with Gasteiger partial charge in [-0.05, 0) is 17.7 Å². The topological polar surface area (TPSA) is 99.1 Å². The van der Waals surface area contributed by atoms with Crippen LogP contribution >= 0.6 is 11.6 Å². The summed E-state index contributed by atoms with van der Waals surface area (Å²) in [5, 5.41) is 12.8. The molecule has 114 valence electrons. The zero-order valence-corrected chi connectivity index (χ0v) is 16.8. The SMILES string of the molecule is [K+].[NH-]S(=O)(=O)c1cc2c(cc1Cl)N[C@@H](c1ccccc1)NC2=O. The Morgan fingerprint density at radius 3 is 2.35 bits per heavy atom. The van der Waals surface area contributed by atoms with Crippen LogP contribution in [-0.4, -0.2) is 14.3 Å². The first kappa shape index (κ1) is 18.9. The Hall–Kier alpha value is -0.454. The monoisotopic (exact) mass is 375 g/mol. The van der Waals surface area contributed by atoms with Crippen LogP contribution in [0, 0.1) is 0 Å². The number of amides is 1. The van der Waals surface area contributed by atoms with Crippen LogP contribution in [0.4, 0.5) is 5.69 Å². The van der Waals surface area contributed by atoms with Gasteiger partial charge in [0.1, 0.15) is 16.2 Å². The fourth-order valence-corrected chi connectivity index (χ4v) is 3.34. The van der Waals surface area contributed by atoms with Crippen LogP contribution in [0.5, 0.6) is 0 Å². The molecule has 23 heavy (non-hydrogen) atoms. The largest absolute Gasteiger partial charge is 1.00 e. The quantitative estimate of drug-likeness (QED) is 0.718. The van der Waals surface area contributed by atoms with Crippen molar-refractivity contribution in [1.29, 1.82) is 0 Å². The summed E-state index contributed by atoms with van der Waals surface area (Å²) in [7, 11) is -4.25. The van der Waals surface area contributed by atoms with E-state index in [1.165, 1.54) is 6.07 Å². The Kier molecular flexibility index (Phi) is 5.91. The molecule has 0 bridgehead atoms. The van der Waals surface area contributed by atoms with E-state index in [1.54, 1.807) is 0 Å². The van der Waals surface area contributed by atoms with Crippen LogP contribution in [0.3, 0.4) is 0 Å². The summed E-state index contributed by atoms with van der Waals surface area (Å²) in [5.74, 6) is -0.427. The van der Waals surface area contributed by atoms with E-state index in [1.807, 2.05) is 30.3 Å². The van der Waals surface area contributed by atoms with Gasteiger partial charge in [-0.2, -0.15) is 0 Å². The van der Waals surface area contributed by atoms with E-state index in [0.717, 1.165) is 11.6 Å². The number of rotatable bonds is 2. The summed E-state index contributed by atoms with van der Waals surface area (Å²) >= 11 is 5.92. The Morgan fingerprint density at radius 2 is 1.74 bits per heavy atom. The van der Waals surface area contributed by atoms with Crippen LogP contribution in [0.25, 0.3) is 5.14 Å². The molecule has 2 aromatic rings. The van der Waals surface area contributed by atoms with Gasteiger partial charge >= 0.3 is 51.4 Å². The second-order valence-electron chi connectivity index (χ2n) is 4.79. The second kappa shape index (κ2) is 7.20. The van der Waals surface area contributed by atoms with E-state index in [-0.39, 0.29) is 66.9 Å². The molecule has 6 nitrogen and oxygen atoms in total. The summed E-state index contributed by atoms with van der Waals surface area (Å²) in [6.45, 7) is 0. The number of sulfonamides is 1. The predicted octanol–water partition coefficient (Wildman–Crippen LogP) is -0.0610.